The lowest BCUT2D eigenvalue weighted by Gasteiger charge is -1.98. The van der Waals surface area contributed by atoms with Gasteiger partial charge in [0.25, 0.3) is 0 Å². The lowest BCUT2D eigenvalue weighted by molar-refractivity contribution is 0.965. The molecule has 0 amide bonds. The highest BCUT2D eigenvalue weighted by molar-refractivity contribution is 9.10. The van der Waals surface area contributed by atoms with E-state index in [1.54, 1.807) is 19.3 Å². The van der Waals surface area contributed by atoms with Crippen LogP contribution in [0.5, 0.6) is 0 Å². The van der Waals surface area contributed by atoms with Crippen molar-refractivity contribution < 1.29 is 0 Å². The van der Waals surface area contributed by atoms with E-state index in [4.69, 9.17) is 5.84 Å². The Bertz CT molecular complexity index is 864. The molecule has 106 valence electrons. The van der Waals surface area contributed by atoms with Crippen LogP contribution in [0.4, 0.5) is 0 Å². The molecule has 2 heterocycles. The number of halogens is 1. The lowest BCUT2D eigenvalue weighted by Crippen LogP contribution is -1.97. The van der Waals surface area contributed by atoms with E-state index in [9.17, 15) is 0 Å². The smallest absolute Gasteiger partial charge is 0.129 e. The van der Waals surface area contributed by atoms with Crippen molar-refractivity contribution >= 4 is 49.8 Å². The highest BCUT2D eigenvalue weighted by Crippen LogP contribution is 2.24. The fourth-order valence-corrected chi connectivity index (χ4v) is 2.41. The average Bonchev–Trinajstić information content (AvgIpc) is 2.90. The van der Waals surface area contributed by atoms with Gasteiger partial charge in [0, 0.05) is 16.1 Å². The molecule has 3 aromatic rings. The Kier molecular flexibility index (Phi) is 3.66. The maximum Gasteiger partial charge on any atom is 0.129 e. The van der Waals surface area contributed by atoms with E-state index in [1.807, 2.05) is 18.2 Å². The van der Waals surface area contributed by atoms with Crippen molar-refractivity contribution in [3.05, 3.63) is 34.7 Å². The summed E-state index contributed by atoms with van der Waals surface area (Å²) in [5, 5.41) is 4.54. The zero-order valence-electron chi connectivity index (χ0n) is 11.3. The van der Waals surface area contributed by atoms with Gasteiger partial charge < -0.3 is 10.8 Å². The van der Waals surface area contributed by atoms with Crippen LogP contribution >= 0.6 is 15.9 Å². The number of rotatable bonds is 3. The molecule has 21 heavy (non-hydrogen) atoms. The van der Waals surface area contributed by atoms with E-state index in [1.165, 1.54) is 0 Å². The Morgan fingerprint density at radius 2 is 2.33 bits per heavy atom. The Morgan fingerprint density at radius 3 is 3.14 bits per heavy atom. The molecule has 0 radical (unpaired) electrons. The maximum atomic E-state index is 5.15. The number of nitrogens with two attached hydrogens (primary N) is 1. The SMILES string of the molecule is CC(C=NCc1nc2c(cnc3ccc(Br)cc32)[nH]1)=NN. The van der Waals surface area contributed by atoms with Gasteiger partial charge in [0.1, 0.15) is 5.82 Å². The van der Waals surface area contributed by atoms with Crippen molar-refractivity contribution in [3.8, 4) is 0 Å². The summed E-state index contributed by atoms with van der Waals surface area (Å²) < 4.78 is 1.00. The molecule has 3 rings (SSSR count). The van der Waals surface area contributed by atoms with E-state index in [-0.39, 0.29) is 0 Å². The standard InChI is InChI=1S/C14H13BrN6/c1-8(21-16)5-17-7-13-19-12-6-18-11-3-2-9(15)4-10(11)14(12)20-13/h2-6H,7,16H2,1H3,(H,19,20). The second kappa shape index (κ2) is 5.61. The molecular weight excluding hydrogens is 332 g/mol. The summed E-state index contributed by atoms with van der Waals surface area (Å²) in [6, 6.07) is 5.95. The van der Waals surface area contributed by atoms with Crippen LogP contribution in [0.25, 0.3) is 21.9 Å². The van der Waals surface area contributed by atoms with Gasteiger partial charge in [0.15, 0.2) is 0 Å². The van der Waals surface area contributed by atoms with Crippen LogP contribution in [0.15, 0.2) is 39.0 Å². The van der Waals surface area contributed by atoms with Crippen molar-refractivity contribution in [2.75, 3.05) is 0 Å². The third kappa shape index (κ3) is 2.78. The topological polar surface area (TPSA) is 92.3 Å². The first kappa shape index (κ1) is 13.7. The quantitative estimate of drug-likeness (QED) is 0.434. The van der Waals surface area contributed by atoms with Gasteiger partial charge in [-0.05, 0) is 25.1 Å². The predicted octanol–water partition coefficient (Wildman–Crippen LogP) is 2.78. The van der Waals surface area contributed by atoms with Gasteiger partial charge >= 0.3 is 0 Å². The molecule has 0 aliphatic carbocycles. The third-order valence-electron chi connectivity index (χ3n) is 3.05. The molecule has 0 aliphatic rings. The first-order valence-corrected chi connectivity index (χ1v) is 7.14. The minimum atomic E-state index is 0.442. The molecule has 0 unspecified atom stereocenters. The summed E-state index contributed by atoms with van der Waals surface area (Å²) in [5.74, 6) is 5.93. The highest BCUT2D eigenvalue weighted by Gasteiger charge is 2.07. The number of aliphatic imine (C=N–C) groups is 1. The van der Waals surface area contributed by atoms with Gasteiger partial charge in [0.2, 0.25) is 0 Å². The van der Waals surface area contributed by atoms with Crippen molar-refractivity contribution in [2.45, 2.75) is 13.5 Å². The summed E-state index contributed by atoms with van der Waals surface area (Å²) in [4.78, 5) is 16.5. The molecule has 3 N–H and O–H groups in total. The molecule has 0 bridgehead atoms. The van der Waals surface area contributed by atoms with Gasteiger partial charge in [-0.25, -0.2) is 4.98 Å². The van der Waals surface area contributed by atoms with E-state index in [0.29, 0.717) is 12.3 Å². The predicted molar refractivity (Wildman–Crippen MR) is 88.6 cm³/mol. The average molecular weight is 345 g/mol. The van der Waals surface area contributed by atoms with Gasteiger partial charge in [0.05, 0.1) is 35.0 Å². The second-order valence-electron chi connectivity index (χ2n) is 4.61. The Hall–Kier alpha value is -2.28. The zero-order chi connectivity index (χ0) is 14.8. The molecule has 7 heteroatoms. The van der Waals surface area contributed by atoms with E-state index < -0.39 is 0 Å². The maximum absolute atomic E-state index is 5.15. The van der Waals surface area contributed by atoms with E-state index in [0.717, 1.165) is 32.2 Å². The number of imidazole rings is 1. The summed E-state index contributed by atoms with van der Waals surface area (Å²) in [6.07, 6.45) is 3.42. The number of pyridine rings is 1. The highest BCUT2D eigenvalue weighted by atomic mass is 79.9. The number of hydrogen-bond donors (Lipinski definition) is 2. The van der Waals surface area contributed by atoms with Gasteiger partial charge in [-0.3, -0.25) is 9.98 Å². The number of hydrogen-bond acceptors (Lipinski definition) is 5. The van der Waals surface area contributed by atoms with Gasteiger partial charge in [-0.15, -0.1) is 0 Å². The monoisotopic (exact) mass is 344 g/mol. The van der Waals surface area contributed by atoms with Crippen molar-refractivity contribution in [3.63, 3.8) is 0 Å². The Morgan fingerprint density at radius 1 is 1.48 bits per heavy atom. The largest absolute Gasteiger partial charge is 0.339 e. The number of H-pyrrole nitrogens is 1. The van der Waals surface area contributed by atoms with E-state index in [2.05, 4.69) is 41.0 Å². The fraction of sp³-hybridized carbons (Fsp3) is 0.143. The van der Waals surface area contributed by atoms with Crippen LogP contribution in [0, 0.1) is 0 Å². The van der Waals surface area contributed by atoms with E-state index >= 15 is 0 Å². The Labute approximate surface area is 129 Å². The summed E-state index contributed by atoms with van der Waals surface area (Å²) in [5.41, 5.74) is 3.38. The van der Waals surface area contributed by atoms with Crippen LogP contribution in [0.3, 0.4) is 0 Å². The van der Waals surface area contributed by atoms with Gasteiger partial charge in [-0.2, -0.15) is 5.10 Å². The van der Waals surface area contributed by atoms with Crippen LogP contribution in [0.1, 0.15) is 12.7 Å². The fourth-order valence-electron chi connectivity index (χ4n) is 2.05. The number of hydrazone groups is 1. The number of nitrogens with zero attached hydrogens (tertiary/aromatic N) is 4. The molecule has 0 spiro atoms. The molecule has 0 fully saturated rings. The molecule has 2 aromatic heterocycles. The molecule has 0 saturated carbocycles. The first-order chi connectivity index (χ1) is 10.2. The molecular formula is C14H13BrN6. The van der Waals surface area contributed by atoms with Crippen molar-refractivity contribution in [2.24, 2.45) is 15.9 Å². The molecule has 1 aromatic carbocycles. The lowest BCUT2D eigenvalue weighted by atomic mass is 10.2. The minimum absolute atomic E-state index is 0.442. The number of aromatic nitrogens is 3. The number of nitrogens with one attached hydrogen (secondary N) is 1. The Balaban J connectivity index is 2.01. The molecule has 0 atom stereocenters. The number of fused-ring (bicyclic) bond motifs is 3. The normalized spacial score (nSPS) is 12.8. The third-order valence-corrected chi connectivity index (χ3v) is 3.54. The first-order valence-electron chi connectivity index (χ1n) is 6.34. The van der Waals surface area contributed by atoms with Crippen molar-refractivity contribution in [1.82, 2.24) is 15.0 Å². The zero-order valence-corrected chi connectivity index (χ0v) is 12.9. The number of benzene rings is 1. The van der Waals surface area contributed by atoms with Crippen LogP contribution in [-0.2, 0) is 6.54 Å². The second-order valence-corrected chi connectivity index (χ2v) is 5.52. The molecule has 0 saturated heterocycles. The van der Waals surface area contributed by atoms with Crippen LogP contribution in [0.2, 0.25) is 0 Å². The minimum Gasteiger partial charge on any atom is -0.339 e. The molecule has 0 aliphatic heterocycles. The summed E-state index contributed by atoms with van der Waals surface area (Å²) in [6.45, 7) is 2.23. The summed E-state index contributed by atoms with van der Waals surface area (Å²) in [7, 11) is 0. The van der Waals surface area contributed by atoms with Crippen molar-refractivity contribution in [1.29, 1.82) is 0 Å². The van der Waals surface area contributed by atoms with Gasteiger partial charge in [-0.1, -0.05) is 15.9 Å². The summed E-state index contributed by atoms with van der Waals surface area (Å²) >= 11 is 3.48. The number of aromatic amines is 1. The molecule has 6 nitrogen and oxygen atoms in total. The van der Waals surface area contributed by atoms with Crippen LogP contribution < -0.4 is 5.84 Å². The van der Waals surface area contributed by atoms with Crippen LogP contribution in [-0.4, -0.2) is 26.9 Å².